The van der Waals surface area contributed by atoms with Gasteiger partial charge in [0.05, 0.1) is 12.4 Å². The highest BCUT2D eigenvalue weighted by Gasteiger charge is 2.23. The number of aliphatic hydroxyl groups excluding tert-OH is 1. The van der Waals surface area contributed by atoms with Crippen LogP contribution in [-0.4, -0.2) is 54.0 Å². The summed E-state index contributed by atoms with van der Waals surface area (Å²) in [7, 11) is -3.59. The zero-order chi connectivity index (χ0) is 14.3. The van der Waals surface area contributed by atoms with Crippen molar-refractivity contribution < 1.29 is 13.5 Å². The lowest BCUT2D eigenvalue weighted by atomic mass is 10.4. The fourth-order valence-electron chi connectivity index (χ4n) is 1.54. The zero-order valence-electron chi connectivity index (χ0n) is 11.2. The van der Waals surface area contributed by atoms with Crippen molar-refractivity contribution >= 4 is 16.0 Å². The molecule has 1 heterocycles. The Morgan fingerprint density at radius 1 is 1.32 bits per heavy atom. The fraction of sp³-hybridized carbons (Fsp3) is 0.636. The zero-order valence-corrected chi connectivity index (χ0v) is 12.0. The molecule has 0 spiro atoms. The summed E-state index contributed by atoms with van der Waals surface area (Å²) in [5, 5.41) is 11.7. The van der Waals surface area contributed by atoms with Crippen LogP contribution >= 0.6 is 0 Å². The van der Waals surface area contributed by atoms with E-state index in [1.54, 1.807) is 6.92 Å². The van der Waals surface area contributed by atoms with E-state index in [1.165, 1.54) is 16.7 Å². The standard InChI is InChI=1S/C11H20N4O3S/c1-3-12-11-13-8-10(9-14-11)19(17,18)15(4-2)6-5-7-16/h8-9,16H,3-7H2,1-2H3,(H,12,13,14). The van der Waals surface area contributed by atoms with Crippen molar-refractivity contribution in [1.29, 1.82) is 0 Å². The molecule has 0 aliphatic rings. The molecule has 0 bridgehead atoms. The minimum Gasteiger partial charge on any atom is -0.396 e. The molecule has 0 fully saturated rings. The smallest absolute Gasteiger partial charge is 0.246 e. The van der Waals surface area contributed by atoms with Crippen LogP contribution in [0, 0.1) is 0 Å². The molecule has 0 amide bonds. The second-order valence-corrected chi connectivity index (χ2v) is 5.78. The number of hydrogen-bond donors (Lipinski definition) is 2. The molecule has 0 saturated heterocycles. The van der Waals surface area contributed by atoms with E-state index in [0.29, 0.717) is 25.5 Å². The molecular weight excluding hydrogens is 268 g/mol. The Morgan fingerprint density at radius 2 is 1.95 bits per heavy atom. The van der Waals surface area contributed by atoms with Gasteiger partial charge in [-0.25, -0.2) is 18.4 Å². The van der Waals surface area contributed by atoms with Crippen LogP contribution in [0.2, 0.25) is 0 Å². The lowest BCUT2D eigenvalue weighted by Crippen LogP contribution is -2.32. The third kappa shape index (κ3) is 4.12. The Kier molecular flexibility index (Phi) is 6.13. The van der Waals surface area contributed by atoms with Gasteiger partial charge in [0.15, 0.2) is 0 Å². The number of rotatable bonds is 8. The maximum atomic E-state index is 12.3. The van der Waals surface area contributed by atoms with Crippen LogP contribution in [0.5, 0.6) is 0 Å². The van der Waals surface area contributed by atoms with E-state index in [1.807, 2.05) is 6.92 Å². The van der Waals surface area contributed by atoms with Crippen LogP contribution in [0.3, 0.4) is 0 Å². The number of aliphatic hydroxyl groups is 1. The summed E-state index contributed by atoms with van der Waals surface area (Å²) in [6.45, 7) is 4.91. The summed E-state index contributed by atoms with van der Waals surface area (Å²) in [6.07, 6.45) is 2.99. The summed E-state index contributed by atoms with van der Waals surface area (Å²) in [6, 6.07) is 0. The second-order valence-electron chi connectivity index (χ2n) is 3.85. The van der Waals surface area contributed by atoms with Crippen LogP contribution in [-0.2, 0) is 10.0 Å². The molecule has 2 N–H and O–H groups in total. The molecule has 7 nitrogen and oxygen atoms in total. The molecule has 0 aliphatic carbocycles. The first-order chi connectivity index (χ1) is 9.06. The van der Waals surface area contributed by atoms with Crippen LogP contribution in [0.4, 0.5) is 5.95 Å². The molecular formula is C11H20N4O3S. The van der Waals surface area contributed by atoms with Crippen molar-refractivity contribution in [3.8, 4) is 0 Å². The summed E-state index contributed by atoms with van der Waals surface area (Å²) < 4.78 is 25.9. The average molecular weight is 288 g/mol. The first-order valence-corrected chi connectivity index (χ1v) is 7.67. The average Bonchev–Trinajstić information content (AvgIpc) is 2.40. The Morgan fingerprint density at radius 3 is 2.42 bits per heavy atom. The van der Waals surface area contributed by atoms with Crippen molar-refractivity contribution in [2.45, 2.75) is 25.2 Å². The van der Waals surface area contributed by atoms with Gasteiger partial charge in [-0.1, -0.05) is 6.92 Å². The largest absolute Gasteiger partial charge is 0.396 e. The Bertz CT molecular complexity index is 475. The van der Waals surface area contributed by atoms with Crippen molar-refractivity contribution in [2.24, 2.45) is 0 Å². The summed E-state index contributed by atoms with van der Waals surface area (Å²) in [5.41, 5.74) is 0. The Balaban J connectivity index is 2.91. The van der Waals surface area contributed by atoms with Crippen molar-refractivity contribution in [2.75, 3.05) is 31.6 Å². The molecule has 0 unspecified atom stereocenters. The van der Waals surface area contributed by atoms with Crippen LogP contribution in [0.1, 0.15) is 20.3 Å². The topological polar surface area (TPSA) is 95.4 Å². The number of aromatic nitrogens is 2. The predicted molar refractivity (Wildman–Crippen MR) is 72.3 cm³/mol. The highest BCUT2D eigenvalue weighted by Crippen LogP contribution is 2.14. The lowest BCUT2D eigenvalue weighted by molar-refractivity contribution is 0.271. The van der Waals surface area contributed by atoms with Crippen molar-refractivity contribution in [1.82, 2.24) is 14.3 Å². The van der Waals surface area contributed by atoms with E-state index in [2.05, 4.69) is 15.3 Å². The molecule has 0 atom stereocenters. The van der Waals surface area contributed by atoms with Gasteiger partial charge in [0, 0.05) is 26.2 Å². The Labute approximate surface area is 113 Å². The van der Waals surface area contributed by atoms with E-state index in [-0.39, 0.29) is 18.0 Å². The molecule has 0 saturated carbocycles. The first kappa shape index (κ1) is 15.8. The fourth-order valence-corrected chi connectivity index (χ4v) is 2.92. The molecule has 1 rings (SSSR count). The van der Waals surface area contributed by atoms with E-state index in [9.17, 15) is 8.42 Å². The van der Waals surface area contributed by atoms with Gasteiger partial charge in [0.1, 0.15) is 4.90 Å². The lowest BCUT2D eigenvalue weighted by Gasteiger charge is -2.19. The number of nitrogens with one attached hydrogen (secondary N) is 1. The molecule has 0 radical (unpaired) electrons. The highest BCUT2D eigenvalue weighted by atomic mass is 32.2. The van der Waals surface area contributed by atoms with Crippen molar-refractivity contribution in [3.05, 3.63) is 12.4 Å². The maximum Gasteiger partial charge on any atom is 0.246 e. The predicted octanol–water partition coefficient (Wildman–Crippen LogP) is 0.301. The molecule has 1 aromatic rings. The molecule has 0 aliphatic heterocycles. The number of anilines is 1. The van der Waals surface area contributed by atoms with E-state index < -0.39 is 10.0 Å². The van der Waals surface area contributed by atoms with Gasteiger partial charge in [-0.2, -0.15) is 4.31 Å². The second kappa shape index (κ2) is 7.37. The number of sulfonamides is 1. The summed E-state index contributed by atoms with van der Waals surface area (Å²) in [4.78, 5) is 7.97. The van der Waals surface area contributed by atoms with Gasteiger partial charge in [-0.15, -0.1) is 0 Å². The third-order valence-electron chi connectivity index (χ3n) is 2.52. The van der Waals surface area contributed by atoms with Crippen LogP contribution in [0.25, 0.3) is 0 Å². The monoisotopic (exact) mass is 288 g/mol. The Hall–Kier alpha value is -1.25. The van der Waals surface area contributed by atoms with Gasteiger partial charge < -0.3 is 10.4 Å². The molecule has 19 heavy (non-hydrogen) atoms. The molecule has 8 heteroatoms. The summed E-state index contributed by atoms with van der Waals surface area (Å²) >= 11 is 0. The SMILES string of the molecule is CCNc1ncc(S(=O)(=O)N(CC)CCCO)cn1. The van der Waals surface area contributed by atoms with Crippen LogP contribution < -0.4 is 5.32 Å². The van der Waals surface area contributed by atoms with Crippen molar-refractivity contribution in [3.63, 3.8) is 0 Å². The highest BCUT2D eigenvalue weighted by molar-refractivity contribution is 7.89. The summed E-state index contributed by atoms with van der Waals surface area (Å²) in [5.74, 6) is 0.403. The minimum atomic E-state index is -3.59. The van der Waals surface area contributed by atoms with Crippen LogP contribution in [0.15, 0.2) is 17.3 Å². The normalized spacial score (nSPS) is 11.8. The first-order valence-electron chi connectivity index (χ1n) is 6.23. The quantitative estimate of drug-likeness (QED) is 0.714. The van der Waals surface area contributed by atoms with Gasteiger partial charge in [0.2, 0.25) is 16.0 Å². The minimum absolute atomic E-state index is 0.0398. The van der Waals surface area contributed by atoms with Gasteiger partial charge >= 0.3 is 0 Å². The van der Waals surface area contributed by atoms with Gasteiger partial charge in [0.25, 0.3) is 0 Å². The molecule has 1 aromatic heterocycles. The third-order valence-corrected chi connectivity index (χ3v) is 4.45. The molecule has 0 aromatic carbocycles. The van der Waals surface area contributed by atoms with E-state index >= 15 is 0 Å². The van der Waals surface area contributed by atoms with Gasteiger partial charge in [-0.05, 0) is 13.3 Å². The number of hydrogen-bond acceptors (Lipinski definition) is 6. The maximum absolute atomic E-state index is 12.3. The number of nitrogens with zero attached hydrogens (tertiary/aromatic N) is 3. The van der Waals surface area contributed by atoms with E-state index in [4.69, 9.17) is 5.11 Å². The van der Waals surface area contributed by atoms with E-state index in [0.717, 1.165) is 0 Å². The van der Waals surface area contributed by atoms with Gasteiger partial charge in [-0.3, -0.25) is 0 Å². The molecule has 108 valence electrons.